The van der Waals surface area contributed by atoms with Crippen LogP contribution < -0.4 is 5.63 Å². The number of benzene rings is 1. The van der Waals surface area contributed by atoms with Crippen molar-refractivity contribution < 1.29 is 8.83 Å². The number of aromatic nitrogens is 1. The molecule has 3 heterocycles. The number of hydrogen-bond donors (Lipinski definition) is 0. The zero-order chi connectivity index (χ0) is 12.1. The molecule has 0 bridgehead atoms. The Morgan fingerprint density at radius 1 is 1.00 bits per heavy atom. The summed E-state index contributed by atoms with van der Waals surface area (Å²) in [6.45, 7) is 0. The first-order valence-electron chi connectivity index (χ1n) is 5.51. The van der Waals surface area contributed by atoms with Crippen LogP contribution in [-0.2, 0) is 0 Å². The molecule has 0 radical (unpaired) electrons. The molecule has 0 unspecified atom stereocenters. The summed E-state index contributed by atoms with van der Waals surface area (Å²) < 4.78 is 10.6. The molecule has 86 valence electrons. The van der Waals surface area contributed by atoms with Crippen molar-refractivity contribution in [3.63, 3.8) is 0 Å². The maximum Gasteiger partial charge on any atom is 0.345 e. The van der Waals surface area contributed by atoms with E-state index in [-0.39, 0.29) is 5.63 Å². The second-order valence-electron chi connectivity index (χ2n) is 4.12. The summed E-state index contributed by atoms with van der Waals surface area (Å²) in [6, 6.07) is 7.40. The maximum absolute atomic E-state index is 11.8. The molecule has 0 saturated carbocycles. The van der Waals surface area contributed by atoms with Crippen LogP contribution in [0.4, 0.5) is 0 Å². The van der Waals surface area contributed by atoms with E-state index < -0.39 is 0 Å². The number of pyridine rings is 1. The second kappa shape index (κ2) is 3.20. The Morgan fingerprint density at radius 3 is 2.89 bits per heavy atom. The first kappa shape index (κ1) is 9.41. The Bertz CT molecular complexity index is 949. The number of nitrogens with zero attached hydrogens (tertiary/aromatic N) is 1. The number of fused-ring (bicyclic) bond motifs is 4. The van der Waals surface area contributed by atoms with Gasteiger partial charge in [-0.15, -0.1) is 0 Å². The van der Waals surface area contributed by atoms with Crippen molar-refractivity contribution in [1.29, 1.82) is 0 Å². The molecule has 4 rings (SSSR count). The van der Waals surface area contributed by atoms with Gasteiger partial charge in [0.25, 0.3) is 0 Å². The second-order valence-corrected chi connectivity index (χ2v) is 4.12. The van der Waals surface area contributed by atoms with Gasteiger partial charge in [0.05, 0.1) is 11.6 Å². The van der Waals surface area contributed by atoms with Gasteiger partial charge >= 0.3 is 5.63 Å². The molecular weight excluding hydrogens is 230 g/mol. The zero-order valence-electron chi connectivity index (χ0n) is 9.21. The van der Waals surface area contributed by atoms with Gasteiger partial charge in [-0.05, 0) is 18.2 Å². The summed E-state index contributed by atoms with van der Waals surface area (Å²) in [5.41, 5.74) is 0.858. The fourth-order valence-corrected chi connectivity index (χ4v) is 2.23. The first-order chi connectivity index (χ1) is 8.83. The predicted octanol–water partition coefficient (Wildman–Crippen LogP) is 3.09. The highest BCUT2D eigenvalue weighted by Gasteiger charge is 2.09. The van der Waals surface area contributed by atoms with E-state index in [1.807, 2.05) is 18.2 Å². The van der Waals surface area contributed by atoms with Crippen molar-refractivity contribution in [2.24, 2.45) is 0 Å². The van der Waals surface area contributed by atoms with Gasteiger partial charge in [0.2, 0.25) is 0 Å². The largest absolute Gasteiger partial charge is 0.464 e. The quantitative estimate of drug-likeness (QED) is 0.348. The minimum absolute atomic E-state index is 0.378. The van der Waals surface area contributed by atoms with Crippen LogP contribution in [0.25, 0.3) is 32.7 Å². The molecule has 0 aliphatic heterocycles. The average molecular weight is 237 g/mol. The predicted molar refractivity (Wildman–Crippen MR) is 67.6 cm³/mol. The van der Waals surface area contributed by atoms with Crippen LogP contribution in [0, 0.1) is 0 Å². The van der Waals surface area contributed by atoms with Crippen LogP contribution in [0.3, 0.4) is 0 Å². The van der Waals surface area contributed by atoms with E-state index in [2.05, 4.69) is 4.98 Å². The first-order valence-corrected chi connectivity index (χ1v) is 5.51. The van der Waals surface area contributed by atoms with E-state index in [1.165, 1.54) is 6.20 Å². The Labute approximate surface area is 100 Å². The number of rotatable bonds is 0. The van der Waals surface area contributed by atoms with Gasteiger partial charge in [-0.1, -0.05) is 0 Å². The van der Waals surface area contributed by atoms with Gasteiger partial charge in [-0.3, -0.25) is 4.98 Å². The lowest BCUT2D eigenvalue weighted by molar-refractivity contribution is 0.567. The van der Waals surface area contributed by atoms with Crippen molar-refractivity contribution in [3.8, 4) is 0 Å². The van der Waals surface area contributed by atoms with Crippen molar-refractivity contribution in [3.05, 3.63) is 53.3 Å². The van der Waals surface area contributed by atoms with Gasteiger partial charge in [0.1, 0.15) is 11.2 Å². The minimum Gasteiger partial charge on any atom is -0.464 e. The molecule has 0 saturated heterocycles. The Balaban J connectivity index is 2.36. The Morgan fingerprint density at radius 2 is 1.94 bits per heavy atom. The molecule has 4 aromatic rings. The summed E-state index contributed by atoms with van der Waals surface area (Å²) in [4.78, 5) is 15.8. The smallest absolute Gasteiger partial charge is 0.345 e. The molecule has 4 heteroatoms. The standard InChI is InChI=1S/C14H7NO3/c16-14-11-7-15-3-1-9(11)10-5-8-2-4-17-12(8)6-13(10)18-14/h1-7H. The fourth-order valence-electron chi connectivity index (χ4n) is 2.23. The molecule has 0 aliphatic rings. The Hall–Kier alpha value is -2.62. The Kier molecular flexibility index (Phi) is 1.67. The van der Waals surface area contributed by atoms with Crippen LogP contribution in [0.15, 0.2) is 56.6 Å². The van der Waals surface area contributed by atoms with Crippen LogP contribution in [0.5, 0.6) is 0 Å². The van der Waals surface area contributed by atoms with Gasteiger partial charge in [0, 0.05) is 34.6 Å². The molecule has 3 aromatic heterocycles. The summed E-state index contributed by atoms with van der Waals surface area (Å²) in [5, 5.41) is 3.21. The molecule has 0 spiro atoms. The van der Waals surface area contributed by atoms with E-state index in [0.29, 0.717) is 16.6 Å². The lowest BCUT2D eigenvalue weighted by Crippen LogP contribution is -1.99. The van der Waals surface area contributed by atoms with Gasteiger partial charge < -0.3 is 8.83 Å². The van der Waals surface area contributed by atoms with E-state index in [0.717, 1.165) is 16.2 Å². The SMILES string of the molecule is O=c1oc2cc3occc3cc2c2ccncc12. The highest BCUT2D eigenvalue weighted by molar-refractivity contribution is 6.08. The van der Waals surface area contributed by atoms with E-state index in [9.17, 15) is 4.79 Å². The summed E-state index contributed by atoms with van der Waals surface area (Å²) in [6.07, 6.45) is 4.81. The van der Waals surface area contributed by atoms with E-state index in [1.54, 1.807) is 18.5 Å². The van der Waals surface area contributed by atoms with Crippen molar-refractivity contribution in [1.82, 2.24) is 4.98 Å². The molecular formula is C14H7NO3. The maximum atomic E-state index is 11.8. The lowest BCUT2D eigenvalue weighted by Gasteiger charge is -2.01. The summed E-state index contributed by atoms with van der Waals surface area (Å²) in [5.74, 6) is 0. The minimum atomic E-state index is -0.378. The molecule has 0 N–H and O–H groups in total. The van der Waals surface area contributed by atoms with Crippen LogP contribution in [0.2, 0.25) is 0 Å². The van der Waals surface area contributed by atoms with Gasteiger partial charge in [-0.2, -0.15) is 0 Å². The van der Waals surface area contributed by atoms with Crippen LogP contribution in [-0.4, -0.2) is 4.98 Å². The normalized spacial score (nSPS) is 11.6. The molecule has 0 fully saturated rings. The van der Waals surface area contributed by atoms with Gasteiger partial charge in [0.15, 0.2) is 0 Å². The monoisotopic (exact) mass is 237 g/mol. The van der Waals surface area contributed by atoms with Crippen molar-refractivity contribution in [2.75, 3.05) is 0 Å². The molecule has 0 aliphatic carbocycles. The average Bonchev–Trinajstić information content (AvgIpc) is 2.84. The number of furan rings is 1. The van der Waals surface area contributed by atoms with Crippen molar-refractivity contribution in [2.45, 2.75) is 0 Å². The van der Waals surface area contributed by atoms with Crippen molar-refractivity contribution >= 4 is 32.7 Å². The third kappa shape index (κ3) is 1.14. The number of hydrogen-bond acceptors (Lipinski definition) is 4. The summed E-state index contributed by atoms with van der Waals surface area (Å²) in [7, 11) is 0. The fraction of sp³-hybridized carbons (Fsp3) is 0. The molecule has 0 amide bonds. The van der Waals surface area contributed by atoms with E-state index in [4.69, 9.17) is 8.83 Å². The third-order valence-corrected chi connectivity index (χ3v) is 3.09. The molecule has 0 atom stereocenters. The lowest BCUT2D eigenvalue weighted by atomic mass is 10.1. The molecule has 1 aromatic carbocycles. The third-order valence-electron chi connectivity index (χ3n) is 3.09. The summed E-state index contributed by atoms with van der Waals surface area (Å²) >= 11 is 0. The van der Waals surface area contributed by atoms with Crippen LogP contribution >= 0.6 is 0 Å². The van der Waals surface area contributed by atoms with Gasteiger partial charge in [-0.25, -0.2) is 4.79 Å². The van der Waals surface area contributed by atoms with Crippen LogP contribution in [0.1, 0.15) is 0 Å². The molecule has 18 heavy (non-hydrogen) atoms. The molecule has 4 nitrogen and oxygen atoms in total. The topological polar surface area (TPSA) is 56.2 Å². The highest BCUT2D eigenvalue weighted by atomic mass is 16.4. The van der Waals surface area contributed by atoms with E-state index >= 15 is 0 Å². The highest BCUT2D eigenvalue weighted by Crippen LogP contribution is 2.27. The zero-order valence-corrected chi connectivity index (χ0v) is 9.21.